The van der Waals surface area contributed by atoms with E-state index < -0.39 is 0 Å². The molecule has 1 atom stereocenters. The molecule has 3 N–H and O–H groups in total. The largest absolute Gasteiger partial charge is 0.395 e. The predicted molar refractivity (Wildman–Crippen MR) is 61.3 cm³/mol. The van der Waals surface area contributed by atoms with Gasteiger partial charge in [-0.2, -0.15) is 0 Å². The zero-order valence-electron chi connectivity index (χ0n) is 9.71. The highest BCUT2D eigenvalue weighted by molar-refractivity contribution is 4.67. The molecule has 0 saturated heterocycles. The van der Waals surface area contributed by atoms with E-state index in [9.17, 15) is 0 Å². The van der Waals surface area contributed by atoms with Gasteiger partial charge >= 0.3 is 0 Å². The van der Waals surface area contributed by atoms with Gasteiger partial charge in [0.25, 0.3) is 0 Å². The molecule has 0 aliphatic carbocycles. The van der Waals surface area contributed by atoms with Crippen LogP contribution in [0.4, 0.5) is 0 Å². The summed E-state index contributed by atoms with van der Waals surface area (Å²) < 4.78 is 0. The molecule has 0 radical (unpaired) electrons. The third-order valence-electron chi connectivity index (χ3n) is 2.38. The fourth-order valence-electron chi connectivity index (χ4n) is 1.45. The number of hydrogen-bond acceptors (Lipinski definition) is 3. The van der Waals surface area contributed by atoms with Crippen LogP contribution >= 0.6 is 0 Å². The van der Waals surface area contributed by atoms with Crippen molar-refractivity contribution < 1.29 is 5.11 Å². The van der Waals surface area contributed by atoms with Crippen molar-refractivity contribution >= 4 is 0 Å². The minimum Gasteiger partial charge on any atom is -0.395 e. The first-order valence-corrected chi connectivity index (χ1v) is 5.83. The van der Waals surface area contributed by atoms with E-state index in [0.29, 0.717) is 0 Å². The Morgan fingerprint density at radius 3 is 2.00 bits per heavy atom. The summed E-state index contributed by atoms with van der Waals surface area (Å²) in [6.45, 7) is 7.55. The lowest BCUT2D eigenvalue weighted by molar-refractivity contribution is 0.198. The van der Waals surface area contributed by atoms with Crippen LogP contribution in [-0.2, 0) is 0 Å². The van der Waals surface area contributed by atoms with E-state index in [1.165, 1.54) is 25.7 Å². The number of rotatable bonds is 9. The molecule has 0 rings (SSSR count). The molecule has 0 amide bonds. The third-order valence-corrected chi connectivity index (χ3v) is 2.38. The fourth-order valence-corrected chi connectivity index (χ4v) is 1.45. The Morgan fingerprint density at radius 1 is 1.14 bits per heavy atom. The van der Waals surface area contributed by atoms with Crippen LogP contribution in [0.5, 0.6) is 0 Å². The van der Waals surface area contributed by atoms with Gasteiger partial charge in [-0.3, -0.25) is 0 Å². The Balaban J connectivity index is 3.71. The molecule has 0 aromatic heterocycles. The van der Waals surface area contributed by atoms with Gasteiger partial charge in [-0.25, -0.2) is 0 Å². The maximum Gasteiger partial charge on any atom is 0.0595 e. The zero-order valence-corrected chi connectivity index (χ0v) is 9.71. The molecule has 0 fully saturated rings. The van der Waals surface area contributed by atoms with Crippen LogP contribution in [0.1, 0.15) is 39.5 Å². The molecule has 0 aliphatic rings. The Hall–Kier alpha value is -0.120. The van der Waals surface area contributed by atoms with Crippen LogP contribution in [0.15, 0.2) is 0 Å². The average molecular weight is 202 g/mol. The summed E-state index contributed by atoms with van der Waals surface area (Å²) in [6, 6.07) is -0.0799. The van der Waals surface area contributed by atoms with E-state index in [-0.39, 0.29) is 12.6 Å². The summed E-state index contributed by atoms with van der Waals surface area (Å²) >= 11 is 0. The maximum absolute atomic E-state index is 8.88. The van der Waals surface area contributed by atoms with Crippen molar-refractivity contribution in [2.24, 2.45) is 5.73 Å². The molecule has 14 heavy (non-hydrogen) atoms. The van der Waals surface area contributed by atoms with Gasteiger partial charge in [0.05, 0.1) is 6.61 Å². The van der Waals surface area contributed by atoms with Gasteiger partial charge in [-0.15, -0.1) is 0 Å². The van der Waals surface area contributed by atoms with E-state index >= 15 is 0 Å². The molecule has 0 heterocycles. The second kappa shape index (κ2) is 9.44. The number of nitrogens with two attached hydrogens (primary N) is 1. The Labute approximate surface area is 88.3 Å². The molecular formula is C11H26N2O. The van der Waals surface area contributed by atoms with Crippen molar-refractivity contribution in [1.82, 2.24) is 4.90 Å². The molecule has 0 aromatic rings. The van der Waals surface area contributed by atoms with Gasteiger partial charge in [0.1, 0.15) is 0 Å². The second-order valence-corrected chi connectivity index (χ2v) is 3.95. The standard InChI is InChI=1S/C11H26N2O/c1-3-5-7-13(8-6-4-2)9-11(12)10-14/h11,14H,3-10,12H2,1-2H3. The number of hydrogen-bond donors (Lipinski definition) is 2. The van der Waals surface area contributed by atoms with Gasteiger partial charge in [0, 0.05) is 12.6 Å². The molecular weight excluding hydrogens is 176 g/mol. The van der Waals surface area contributed by atoms with Crippen molar-refractivity contribution in [1.29, 1.82) is 0 Å². The van der Waals surface area contributed by atoms with Crippen molar-refractivity contribution in [3.63, 3.8) is 0 Å². The predicted octanol–water partition coefficient (Wildman–Crippen LogP) is 1.21. The normalized spacial score (nSPS) is 13.5. The molecule has 0 bridgehead atoms. The number of nitrogens with zero attached hydrogens (tertiary/aromatic N) is 1. The van der Waals surface area contributed by atoms with Crippen LogP contribution in [0.3, 0.4) is 0 Å². The first-order chi connectivity index (χ1) is 6.74. The van der Waals surface area contributed by atoms with Crippen LogP contribution in [0.25, 0.3) is 0 Å². The van der Waals surface area contributed by atoms with Gasteiger partial charge in [-0.1, -0.05) is 26.7 Å². The van der Waals surface area contributed by atoms with Crippen molar-refractivity contribution in [3.8, 4) is 0 Å². The van der Waals surface area contributed by atoms with E-state index in [4.69, 9.17) is 10.8 Å². The molecule has 0 saturated carbocycles. The molecule has 0 aliphatic heterocycles. The highest BCUT2D eigenvalue weighted by Gasteiger charge is 2.08. The SMILES string of the molecule is CCCCN(CCCC)CC(N)CO. The Bertz CT molecular complexity index is 112. The Kier molecular flexibility index (Phi) is 9.35. The molecule has 86 valence electrons. The zero-order chi connectivity index (χ0) is 10.8. The van der Waals surface area contributed by atoms with Gasteiger partial charge in [0.2, 0.25) is 0 Å². The van der Waals surface area contributed by atoms with E-state index in [1.807, 2.05) is 0 Å². The molecule has 1 unspecified atom stereocenters. The van der Waals surface area contributed by atoms with Gasteiger partial charge in [0.15, 0.2) is 0 Å². The number of aliphatic hydroxyl groups is 1. The van der Waals surface area contributed by atoms with E-state index in [2.05, 4.69) is 18.7 Å². The molecule has 3 nitrogen and oxygen atoms in total. The summed E-state index contributed by atoms with van der Waals surface area (Å²) in [7, 11) is 0. The molecule has 3 heteroatoms. The maximum atomic E-state index is 8.88. The molecule has 0 aromatic carbocycles. The fraction of sp³-hybridized carbons (Fsp3) is 1.00. The van der Waals surface area contributed by atoms with Crippen LogP contribution < -0.4 is 5.73 Å². The summed E-state index contributed by atoms with van der Waals surface area (Å²) in [4.78, 5) is 2.37. The van der Waals surface area contributed by atoms with Crippen LogP contribution in [0.2, 0.25) is 0 Å². The van der Waals surface area contributed by atoms with Gasteiger partial charge < -0.3 is 15.7 Å². The number of aliphatic hydroxyl groups excluding tert-OH is 1. The summed E-state index contributed by atoms with van der Waals surface area (Å²) in [5.74, 6) is 0. The lowest BCUT2D eigenvalue weighted by Crippen LogP contribution is -2.40. The van der Waals surface area contributed by atoms with Crippen molar-refractivity contribution in [3.05, 3.63) is 0 Å². The van der Waals surface area contributed by atoms with Crippen LogP contribution in [0, 0.1) is 0 Å². The summed E-state index contributed by atoms with van der Waals surface area (Å²) in [5.41, 5.74) is 5.73. The smallest absolute Gasteiger partial charge is 0.0595 e. The van der Waals surface area contributed by atoms with Crippen molar-refractivity contribution in [2.45, 2.75) is 45.6 Å². The van der Waals surface area contributed by atoms with E-state index in [0.717, 1.165) is 19.6 Å². The Morgan fingerprint density at radius 2 is 1.64 bits per heavy atom. The monoisotopic (exact) mass is 202 g/mol. The first-order valence-electron chi connectivity index (χ1n) is 5.83. The summed E-state index contributed by atoms with van der Waals surface area (Å²) in [5, 5.41) is 8.88. The highest BCUT2D eigenvalue weighted by atomic mass is 16.3. The average Bonchev–Trinajstić information content (AvgIpc) is 2.21. The summed E-state index contributed by atoms with van der Waals surface area (Å²) in [6.07, 6.45) is 4.89. The molecule has 0 spiro atoms. The number of unbranched alkanes of at least 4 members (excludes halogenated alkanes) is 2. The quantitative estimate of drug-likeness (QED) is 0.591. The minimum atomic E-state index is -0.0799. The van der Waals surface area contributed by atoms with E-state index in [1.54, 1.807) is 0 Å². The van der Waals surface area contributed by atoms with Gasteiger partial charge in [-0.05, 0) is 25.9 Å². The van der Waals surface area contributed by atoms with Crippen molar-refractivity contribution in [2.75, 3.05) is 26.2 Å². The lowest BCUT2D eigenvalue weighted by atomic mass is 10.2. The highest BCUT2D eigenvalue weighted by Crippen LogP contribution is 1.99. The minimum absolute atomic E-state index is 0.0799. The third kappa shape index (κ3) is 7.30. The lowest BCUT2D eigenvalue weighted by Gasteiger charge is -2.24. The first kappa shape index (κ1) is 13.9. The second-order valence-electron chi connectivity index (χ2n) is 3.95. The topological polar surface area (TPSA) is 49.5 Å². The van der Waals surface area contributed by atoms with Crippen LogP contribution in [-0.4, -0.2) is 42.3 Å².